The summed E-state index contributed by atoms with van der Waals surface area (Å²) in [5, 5.41) is 0. The van der Waals surface area contributed by atoms with Crippen LogP contribution in [0.5, 0.6) is 0 Å². The van der Waals surface area contributed by atoms with Crippen molar-refractivity contribution in [1.29, 1.82) is 0 Å². The van der Waals surface area contributed by atoms with Crippen LogP contribution < -0.4 is 0 Å². The van der Waals surface area contributed by atoms with Gasteiger partial charge in [-0.2, -0.15) is 21.6 Å². The van der Waals surface area contributed by atoms with Crippen LogP contribution in [-0.4, -0.2) is 20.5 Å². The van der Waals surface area contributed by atoms with Gasteiger partial charge in [-0.15, -0.1) is 0 Å². The van der Waals surface area contributed by atoms with Crippen molar-refractivity contribution in [3.8, 4) is 0 Å². The fourth-order valence-electron chi connectivity index (χ4n) is 0.232. The molecule has 8 heteroatoms. The Morgan fingerprint density at radius 1 is 1.33 bits per heavy atom. The molecule has 0 aliphatic carbocycles. The van der Waals surface area contributed by atoms with E-state index in [0.717, 1.165) is 0 Å². The summed E-state index contributed by atoms with van der Waals surface area (Å²) in [7, 11) is -5.59. The monoisotopic (exact) mass is 208 g/mol. The number of hydrogen-bond acceptors (Lipinski definition) is 3. The molecule has 12 heavy (non-hydrogen) atoms. The Balaban J connectivity index is 4.26. The van der Waals surface area contributed by atoms with Gasteiger partial charge in [0.1, 0.15) is 0 Å². The van der Waals surface area contributed by atoms with E-state index in [-0.39, 0.29) is 6.33 Å². The molecule has 0 rings (SSSR count). The topological polar surface area (TPSA) is 43.4 Å². The molecule has 72 valence electrons. The summed E-state index contributed by atoms with van der Waals surface area (Å²) < 4.78 is 68.8. The van der Waals surface area contributed by atoms with Crippen molar-refractivity contribution in [1.82, 2.24) is 0 Å². The number of hydrogen-bond donors (Lipinski definition) is 0. The Labute approximate surface area is 65.8 Å². The Bertz CT molecular complexity index is 252. The molecular formula is C4H4F4O3S. The molecule has 0 aromatic heterocycles. The molecule has 0 atom stereocenters. The second kappa shape index (κ2) is 3.85. The van der Waals surface area contributed by atoms with E-state index in [4.69, 9.17) is 0 Å². The summed E-state index contributed by atoms with van der Waals surface area (Å²) in [5.41, 5.74) is -5.46. The normalized spacial score (nSPS) is 14.0. The van der Waals surface area contributed by atoms with Gasteiger partial charge in [0.2, 0.25) is 0 Å². The summed E-state index contributed by atoms with van der Waals surface area (Å²) in [4.78, 5) is 0. The minimum absolute atomic E-state index is 0.119. The minimum Gasteiger partial charge on any atom is -0.259 e. The first-order valence-electron chi connectivity index (χ1n) is 2.52. The van der Waals surface area contributed by atoms with Gasteiger partial charge in [0.05, 0.1) is 12.9 Å². The van der Waals surface area contributed by atoms with Gasteiger partial charge in [-0.3, -0.25) is 4.18 Å². The summed E-state index contributed by atoms with van der Waals surface area (Å²) in [6.45, 7) is -0.974. The van der Waals surface area contributed by atoms with Crippen molar-refractivity contribution < 1.29 is 30.2 Å². The molecule has 0 aliphatic rings. The van der Waals surface area contributed by atoms with E-state index >= 15 is 0 Å². The fraction of sp³-hybridized carbons (Fsp3) is 0.500. The number of halogens is 4. The van der Waals surface area contributed by atoms with Crippen molar-refractivity contribution in [3.05, 3.63) is 12.4 Å². The summed E-state index contributed by atoms with van der Waals surface area (Å²) in [6, 6.07) is 0. The first kappa shape index (κ1) is 11.4. The Morgan fingerprint density at radius 2 is 1.83 bits per heavy atom. The highest BCUT2D eigenvalue weighted by Gasteiger charge is 2.47. The Kier molecular flexibility index (Phi) is 3.65. The molecule has 0 aromatic rings. The summed E-state index contributed by atoms with van der Waals surface area (Å²) in [6.07, 6.45) is 0.370. The van der Waals surface area contributed by atoms with Gasteiger partial charge in [-0.1, -0.05) is 0 Å². The summed E-state index contributed by atoms with van der Waals surface area (Å²) in [5.74, 6) is 0. The zero-order valence-corrected chi connectivity index (χ0v) is 6.32. The van der Waals surface area contributed by atoms with Crippen LogP contribution in [0.15, 0.2) is 12.4 Å². The van der Waals surface area contributed by atoms with Crippen LogP contribution in [0.4, 0.5) is 17.6 Å². The molecule has 0 heterocycles. The lowest BCUT2D eigenvalue weighted by Gasteiger charge is -2.05. The standard InChI is InChI=1S/C4H4F4O3S/c5-2-1-3-11-12(9,10)4(6,7)8/h1-2H,3H2. The van der Waals surface area contributed by atoms with E-state index in [2.05, 4.69) is 4.18 Å². The van der Waals surface area contributed by atoms with Crippen LogP contribution in [0.25, 0.3) is 0 Å². The maximum Gasteiger partial charge on any atom is 0.523 e. The molecule has 0 amide bonds. The molecule has 0 bridgehead atoms. The van der Waals surface area contributed by atoms with Crippen molar-refractivity contribution in [2.24, 2.45) is 0 Å². The van der Waals surface area contributed by atoms with Crippen molar-refractivity contribution in [2.45, 2.75) is 5.51 Å². The van der Waals surface area contributed by atoms with Crippen LogP contribution in [0, 0.1) is 0 Å². The van der Waals surface area contributed by atoms with Crippen molar-refractivity contribution in [2.75, 3.05) is 6.61 Å². The SMILES string of the molecule is O=S(=O)(OCC=CF)C(F)(F)F. The predicted octanol–water partition coefficient (Wildman–Crippen LogP) is 1.34. The first-order chi connectivity index (χ1) is 5.31. The number of rotatable bonds is 3. The zero-order valence-electron chi connectivity index (χ0n) is 5.51. The lowest BCUT2D eigenvalue weighted by Crippen LogP contribution is -2.25. The molecular weight excluding hydrogens is 204 g/mol. The largest absolute Gasteiger partial charge is 0.523 e. The average molecular weight is 208 g/mol. The van der Waals surface area contributed by atoms with Gasteiger partial charge in [0.15, 0.2) is 0 Å². The van der Waals surface area contributed by atoms with Gasteiger partial charge < -0.3 is 0 Å². The molecule has 0 aromatic carbocycles. The molecule has 0 aliphatic heterocycles. The van der Waals surface area contributed by atoms with E-state index in [0.29, 0.717) is 6.08 Å². The van der Waals surface area contributed by atoms with E-state index in [1.54, 1.807) is 0 Å². The van der Waals surface area contributed by atoms with Gasteiger partial charge in [-0.05, 0) is 6.08 Å². The van der Waals surface area contributed by atoms with Crippen molar-refractivity contribution >= 4 is 10.1 Å². The highest BCUT2D eigenvalue weighted by atomic mass is 32.2. The number of alkyl halides is 3. The second-order valence-electron chi connectivity index (χ2n) is 1.55. The predicted molar refractivity (Wildman–Crippen MR) is 31.2 cm³/mol. The first-order valence-corrected chi connectivity index (χ1v) is 3.93. The third-order valence-electron chi connectivity index (χ3n) is 0.692. The average Bonchev–Trinajstić information content (AvgIpc) is 1.85. The molecule has 3 nitrogen and oxygen atoms in total. The van der Waals surface area contributed by atoms with E-state index < -0.39 is 22.2 Å². The third-order valence-corrected chi connectivity index (χ3v) is 1.71. The molecule has 0 unspecified atom stereocenters. The van der Waals surface area contributed by atoms with E-state index in [9.17, 15) is 26.0 Å². The Hall–Kier alpha value is -0.630. The maximum atomic E-state index is 11.4. The van der Waals surface area contributed by atoms with Crippen LogP contribution in [0.3, 0.4) is 0 Å². The van der Waals surface area contributed by atoms with Gasteiger partial charge in [0, 0.05) is 0 Å². The van der Waals surface area contributed by atoms with Gasteiger partial charge in [0.25, 0.3) is 0 Å². The lowest BCUT2D eigenvalue weighted by atomic mass is 10.7. The van der Waals surface area contributed by atoms with Gasteiger partial charge in [-0.25, -0.2) is 4.39 Å². The molecule has 0 N–H and O–H groups in total. The smallest absolute Gasteiger partial charge is 0.259 e. The van der Waals surface area contributed by atoms with Crippen LogP contribution in [0.1, 0.15) is 0 Å². The molecule has 0 saturated heterocycles. The zero-order chi connectivity index (χ0) is 9.83. The van der Waals surface area contributed by atoms with E-state index in [1.165, 1.54) is 0 Å². The molecule has 0 fully saturated rings. The third kappa shape index (κ3) is 3.18. The van der Waals surface area contributed by atoms with Crippen molar-refractivity contribution in [3.63, 3.8) is 0 Å². The lowest BCUT2D eigenvalue weighted by molar-refractivity contribution is -0.0535. The highest BCUT2D eigenvalue weighted by Crippen LogP contribution is 2.24. The molecule has 0 radical (unpaired) electrons. The highest BCUT2D eigenvalue weighted by molar-refractivity contribution is 7.87. The molecule has 0 spiro atoms. The van der Waals surface area contributed by atoms with E-state index in [1.807, 2.05) is 0 Å². The molecule has 0 saturated carbocycles. The fourth-order valence-corrected chi connectivity index (χ4v) is 0.623. The minimum atomic E-state index is -5.59. The second-order valence-corrected chi connectivity index (χ2v) is 3.15. The summed E-state index contributed by atoms with van der Waals surface area (Å²) >= 11 is 0. The maximum absolute atomic E-state index is 11.4. The van der Waals surface area contributed by atoms with Gasteiger partial charge >= 0.3 is 15.6 Å². The quantitative estimate of drug-likeness (QED) is 0.399. The Morgan fingerprint density at radius 3 is 2.17 bits per heavy atom. The van der Waals surface area contributed by atoms with Crippen LogP contribution in [-0.2, 0) is 14.3 Å². The van der Waals surface area contributed by atoms with Crippen LogP contribution >= 0.6 is 0 Å². The van der Waals surface area contributed by atoms with Crippen LogP contribution in [0.2, 0.25) is 0 Å².